The molecule has 0 aromatic carbocycles. The molecule has 0 unspecified atom stereocenters. The number of amides is 1. The molecule has 8 nitrogen and oxygen atoms in total. The van der Waals surface area contributed by atoms with E-state index in [1.807, 2.05) is 0 Å². The zero-order valence-corrected chi connectivity index (χ0v) is 10.6. The van der Waals surface area contributed by atoms with Crippen LogP contribution in [0.1, 0.15) is 25.8 Å². The maximum Gasteiger partial charge on any atom is 0.307 e. The summed E-state index contributed by atoms with van der Waals surface area (Å²) in [4.78, 5) is 21.9. The van der Waals surface area contributed by atoms with Crippen LogP contribution < -0.4 is 5.32 Å². The van der Waals surface area contributed by atoms with E-state index in [2.05, 4.69) is 10.4 Å². The van der Waals surface area contributed by atoms with Crippen LogP contribution in [0.5, 0.6) is 0 Å². The third-order valence-corrected chi connectivity index (χ3v) is 3.10. The minimum atomic E-state index is -0.588. The van der Waals surface area contributed by atoms with Crippen molar-refractivity contribution < 1.29 is 14.5 Å². The summed E-state index contributed by atoms with van der Waals surface area (Å²) < 4.78 is 6.68. The first kappa shape index (κ1) is 13.5. The zero-order valence-electron chi connectivity index (χ0n) is 10.6. The molecule has 104 valence electrons. The van der Waals surface area contributed by atoms with Crippen LogP contribution in [0, 0.1) is 10.1 Å². The Kier molecular flexibility index (Phi) is 4.10. The quantitative estimate of drug-likeness (QED) is 0.624. The monoisotopic (exact) mass is 268 g/mol. The van der Waals surface area contributed by atoms with Crippen LogP contribution in [0.15, 0.2) is 12.4 Å². The summed E-state index contributed by atoms with van der Waals surface area (Å²) in [5.74, 6) is -0.228. The second-order valence-corrected chi connectivity index (χ2v) is 4.49. The minimum absolute atomic E-state index is 0.0723. The summed E-state index contributed by atoms with van der Waals surface area (Å²) >= 11 is 0. The van der Waals surface area contributed by atoms with Crippen LogP contribution >= 0.6 is 0 Å². The summed E-state index contributed by atoms with van der Waals surface area (Å²) in [6.45, 7) is 2.84. The Morgan fingerprint density at radius 2 is 2.58 bits per heavy atom. The maximum atomic E-state index is 11.9. The predicted molar refractivity (Wildman–Crippen MR) is 65.6 cm³/mol. The molecule has 2 atom stereocenters. The van der Waals surface area contributed by atoms with Gasteiger partial charge in [-0.25, -0.2) is 0 Å². The lowest BCUT2D eigenvalue weighted by Gasteiger charge is -2.14. The van der Waals surface area contributed by atoms with Gasteiger partial charge in [-0.05, 0) is 19.8 Å². The Labute approximate surface area is 109 Å². The van der Waals surface area contributed by atoms with Crippen LogP contribution in [-0.4, -0.2) is 39.9 Å². The van der Waals surface area contributed by atoms with Gasteiger partial charge in [-0.2, -0.15) is 5.10 Å². The molecule has 0 bridgehead atoms. The lowest BCUT2D eigenvalue weighted by Crippen LogP contribution is -2.36. The zero-order chi connectivity index (χ0) is 13.8. The summed E-state index contributed by atoms with van der Waals surface area (Å²) in [6.07, 6.45) is 4.41. The van der Waals surface area contributed by atoms with Crippen molar-refractivity contribution in [3.63, 3.8) is 0 Å². The molecule has 0 aliphatic carbocycles. The van der Waals surface area contributed by atoms with Gasteiger partial charge < -0.3 is 10.1 Å². The fraction of sp³-hybridized carbons (Fsp3) is 0.636. The van der Waals surface area contributed by atoms with E-state index in [0.717, 1.165) is 25.6 Å². The average molecular weight is 268 g/mol. The number of nitro groups is 1. The highest BCUT2D eigenvalue weighted by molar-refractivity contribution is 5.79. The first-order chi connectivity index (χ1) is 9.08. The molecule has 19 heavy (non-hydrogen) atoms. The number of rotatable bonds is 5. The Hall–Kier alpha value is -1.96. The van der Waals surface area contributed by atoms with Crippen LogP contribution in [0.2, 0.25) is 0 Å². The van der Waals surface area contributed by atoms with E-state index < -0.39 is 11.0 Å². The second kappa shape index (κ2) is 5.79. The van der Waals surface area contributed by atoms with Crippen molar-refractivity contribution in [2.24, 2.45) is 0 Å². The molecule has 1 fully saturated rings. The van der Waals surface area contributed by atoms with Gasteiger partial charge in [0.1, 0.15) is 18.4 Å². The fourth-order valence-electron chi connectivity index (χ4n) is 1.92. The van der Waals surface area contributed by atoms with Gasteiger partial charge in [-0.3, -0.25) is 19.6 Å². The molecule has 1 aromatic rings. The van der Waals surface area contributed by atoms with E-state index >= 15 is 0 Å². The molecule has 1 amide bonds. The molecule has 1 saturated heterocycles. The number of aromatic nitrogens is 2. The minimum Gasteiger partial charge on any atom is -0.376 e. The predicted octanol–water partition coefficient (Wildman–Crippen LogP) is 0.647. The normalized spacial score (nSPS) is 20.2. The number of ether oxygens (including phenoxy) is 1. The van der Waals surface area contributed by atoms with Crippen LogP contribution in [0.25, 0.3) is 0 Å². The van der Waals surface area contributed by atoms with Gasteiger partial charge in [0.15, 0.2) is 0 Å². The van der Waals surface area contributed by atoms with Gasteiger partial charge in [-0.1, -0.05) is 0 Å². The molecular formula is C11H16N4O4. The maximum absolute atomic E-state index is 11.9. The number of hydrogen-bond acceptors (Lipinski definition) is 5. The van der Waals surface area contributed by atoms with Crippen LogP contribution in [0.4, 0.5) is 5.69 Å². The SMILES string of the molecule is C[C@@H](C(=O)NC[C@H]1CCCO1)n1cc([N+](=O)[O-])cn1. The summed E-state index contributed by atoms with van der Waals surface area (Å²) in [5, 5.41) is 17.1. The third kappa shape index (κ3) is 3.28. The second-order valence-electron chi connectivity index (χ2n) is 4.49. The van der Waals surface area contributed by atoms with Crippen molar-refractivity contribution in [1.82, 2.24) is 15.1 Å². The summed E-state index contributed by atoms with van der Waals surface area (Å²) in [7, 11) is 0. The van der Waals surface area contributed by atoms with E-state index in [4.69, 9.17) is 4.74 Å². The smallest absolute Gasteiger partial charge is 0.307 e. The Morgan fingerprint density at radius 1 is 1.79 bits per heavy atom. The molecule has 0 spiro atoms. The average Bonchev–Trinajstić information content (AvgIpc) is 3.05. The summed E-state index contributed by atoms with van der Waals surface area (Å²) in [5.41, 5.74) is -0.126. The Morgan fingerprint density at radius 3 is 3.16 bits per heavy atom. The van der Waals surface area contributed by atoms with Crippen molar-refractivity contribution in [3.05, 3.63) is 22.5 Å². The number of nitrogens with zero attached hydrogens (tertiary/aromatic N) is 3. The Balaban J connectivity index is 1.88. The van der Waals surface area contributed by atoms with E-state index in [1.54, 1.807) is 6.92 Å². The van der Waals surface area contributed by atoms with Crippen molar-refractivity contribution in [2.75, 3.05) is 13.2 Å². The van der Waals surface area contributed by atoms with Crippen molar-refractivity contribution in [3.8, 4) is 0 Å². The van der Waals surface area contributed by atoms with Crippen molar-refractivity contribution >= 4 is 11.6 Å². The molecule has 1 aromatic heterocycles. The highest BCUT2D eigenvalue weighted by Gasteiger charge is 2.21. The van der Waals surface area contributed by atoms with E-state index in [1.165, 1.54) is 10.9 Å². The van der Waals surface area contributed by atoms with Crippen molar-refractivity contribution in [1.29, 1.82) is 0 Å². The molecular weight excluding hydrogens is 252 g/mol. The lowest BCUT2D eigenvalue weighted by molar-refractivity contribution is -0.385. The molecule has 1 aliphatic rings. The van der Waals surface area contributed by atoms with Crippen LogP contribution in [-0.2, 0) is 9.53 Å². The molecule has 1 N–H and O–H groups in total. The molecule has 0 radical (unpaired) electrons. The van der Waals surface area contributed by atoms with E-state index in [0.29, 0.717) is 6.54 Å². The van der Waals surface area contributed by atoms with Crippen molar-refractivity contribution in [2.45, 2.75) is 31.9 Å². The standard InChI is InChI=1S/C11H16N4O4/c1-8(14-7-9(5-13-14)15(17)18)11(16)12-6-10-3-2-4-19-10/h5,7-8,10H,2-4,6H2,1H3,(H,12,16)/t8-,10+/m0/s1. The highest BCUT2D eigenvalue weighted by Crippen LogP contribution is 2.14. The van der Waals surface area contributed by atoms with E-state index in [-0.39, 0.29) is 17.7 Å². The first-order valence-electron chi connectivity index (χ1n) is 6.16. The number of carbonyl (C=O) groups is 1. The van der Waals surface area contributed by atoms with Crippen LogP contribution in [0.3, 0.4) is 0 Å². The largest absolute Gasteiger partial charge is 0.376 e. The molecule has 2 heterocycles. The van der Waals surface area contributed by atoms with E-state index in [9.17, 15) is 14.9 Å². The lowest BCUT2D eigenvalue weighted by atomic mass is 10.2. The van der Waals surface area contributed by atoms with Gasteiger partial charge in [0.25, 0.3) is 0 Å². The van der Waals surface area contributed by atoms with Gasteiger partial charge in [-0.15, -0.1) is 0 Å². The molecule has 1 aliphatic heterocycles. The fourth-order valence-corrected chi connectivity index (χ4v) is 1.92. The Bertz CT molecular complexity index is 467. The molecule has 2 rings (SSSR count). The number of nitrogens with one attached hydrogen (secondary N) is 1. The molecule has 8 heteroatoms. The van der Waals surface area contributed by atoms with Gasteiger partial charge >= 0.3 is 5.69 Å². The summed E-state index contributed by atoms with van der Waals surface area (Å²) in [6, 6.07) is -0.588. The highest BCUT2D eigenvalue weighted by atomic mass is 16.6. The van der Waals surface area contributed by atoms with Gasteiger partial charge in [0.2, 0.25) is 5.91 Å². The molecule has 0 saturated carbocycles. The first-order valence-corrected chi connectivity index (χ1v) is 6.16. The third-order valence-electron chi connectivity index (χ3n) is 3.10. The number of carbonyl (C=O) groups excluding carboxylic acids is 1. The van der Waals surface area contributed by atoms with Gasteiger partial charge in [0.05, 0.1) is 11.0 Å². The number of hydrogen-bond donors (Lipinski definition) is 1. The van der Waals surface area contributed by atoms with Gasteiger partial charge in [0, 0.05) is 13.2 Å². The topological polar surface area (TPSA) is 99.3 Å².